The van der Waals surface area contributed by atoms with Gasteiger partial charge in [0, 0.05) is 31.1 Å². The number of aromatic hydroxyl groups is 1. The van der Waals surface area contributed by atoms with Gasteiger partial charge < -0.3 is 19.6 Å². The molecule has 45 heavy (non-hydrogen) atoms. The minimum atomic E-state index is -0.897. The Labute approximate surface area is 258 Å². The number of anilines is 1. The van der Waals surface area contributed by atoms with E-state index in [9.17, 15) is 14.7 Å². The van der Waals surface area contributed by atoms with E-state index in [4.69, 9.17) is 4.74 Å². The summed E-state index contributed by atoms with van der Waals surface area (Å²) in [4.78, 5) is 39.3. The fourth-order valence-corrected chi connectivity index (χ4v) is 5.87. The number of rotatable bonds is 3. The smallest absolute Gasteiger partial charge is 0.410 e. The number of fused-ring (bicyclic) bond motifs is 2. The van der Waals surface area contributed by atoms with Crippen LogP contribution in [0.15, 0.2) is 65.5 Å². The van der Waals surface area contributed by atoms with Crippen LogP contribution in [0.1, 0.15) is 33.3 Å². The Hall–Kier alpha value is -5.06. The van der Waals surface area contributed by atoms with Crippen LogP contribution in [0, 0.1) is 18.6 Å². The summed E-state index contributed by atoms with van der Waals surface area (Å²) in [5, 5.41) is 12.4. The number of phenols is 1. The molecule has 0 spiro atoms. The summed E-state index contributed by atoms with van der Waals surface area (Å²) in [5.74, 6) is -2.06. The number of piperazine rings is 1. The zero-order valence-corrected chi connectivity index (χ0v) is 25.6. The van der Waals surface area contributed by atoms with E-state index in [1.807, 2.05) is 55.1 Å². The van der Waals surface area contributed by atoms with Gasteiger partial charge in [0.25, 0.3) is 0 Å². The minimum absolute atomic E-state index is 0.0466. The lowest BCUT2D eigenvalue weighted by Gasteiger charge is -2.41. The second-order valence-electron chi connectivity index (χ2n) is 12.3. The van der Waals surface area contributed by atoms with E-state index in [0.717, 1.165) is 22.4 Å². The minimum Gasteiger partial charge on any atom is -0.507 e. The fraction of sp³-hybridized carbons (Fsp3) is 0.294. The quantitative estimate of drug-likeness (QED) is 0.254. The molecule has 2 aromatic heterocycles. The fourth-order valence-electron chi connectivity index (χ4n) is 5.87. The Bertz CT molecular complexity index is 2020. The van der Waals surface area contributed by atoms with Crippen molar-refractivity contribution in [2.24, 2.45) is 0 Å². The van der Waals surface area contributed by atoms with Crippen LogP contribution in [0.5, 0.6) is 5.75 Å². The van der Waals surface area contributed by atoms with Crippen molar-refractivity contribution >= 4 is 33.7 Å². The molecule has 0 aliphatic carbocycles. The van der Waals surface area contributed by atoms with Gasteiger partial charge in [-0.05, 0) is 63.8 Å². The lowest BCUT2D eigenvalue weighted by atomic mass is 10.0. The van der Waals surface area contributed by atoms with Gasteiger partial charge in [-0.1, -0.05) is 42.5 Å². The molecule has 11 heteroatoms. The van der Waals surface area contributed by atoms with Crippen molar-refractivity contribution in [2.45, 2.75) is 46.3 Å². The van der Waals surface area contributed by atoms with Crippen molar-refractivity contribution in [1.82, 2.24) is 19.4 Å². The van der Waals surface area contributed by atoms with Crippen LogP contribution >= 0.6 is 0 Å². The lowest BCUT2D eigenvalue weighted by molar-refractivity contribution is 0.0218. The molecule has 0 radical (unpaired) electrons. The van der Waals surface area contributed by atoms with E-state index in [-0.39, 0.29) is 42.5 Å². The third-order valence-corrected chi connectivity index (χ3v) is 7.91. The van der Waals surface area contributed by atoms with Crippen molar-refractivity contribution in [2.75, 3.05) is 24.5 Å². The van der Waals surface area contributed by atoms with E-state index in [2.05, 4.69) is 9.97 Å². The molecule has 1 amide bonds. The number of aromatic nitrogens is 3. The van der Waals surface area contributed by atoms with E-state index in [1.165, 1.54) is 22.8 Å². The number of amides is 1. The summed E-state index contributed by atoms with van der Waals surface area (Å²) >= 11 is 0. The highest BCUT2D eigenvalue weighted by Gasteiger charge is 2.33. The number of hydrogen-bond donors (Lipinski definition) is 1. The van der Waals surface area contributed by atoms with Gasteiger partial charge >= 0.3 is 11.8 Å². The number of halogens is 2. The third-order valence-electron chi connectivity index (χ3n) is 7.91. The summed E-state index contributed by atoms with van der Waals surface area (Å²) in [5.41, 5.74) is -0.883. The molecule has 9 nitrogen and oxygen atoms in total. The molecule has 6 rings (SSSR count). The van der Waals surface area contributed by atoms with Crippen LogP contribution in [0.25, 0.3) is 38.8 Å². The molecule has 232 valence electrons. The molecule has 1 atom stereocenters. The summed E-state index contributed by atoms with van der Waals surface area (Å²) in [6, 6.07) is 15.8. The maximum atomic E-state index is 16.0. The molecule has 3 heterocycles. The summed E-state index contributed by atoms with van der Waals surface area (Å²) < 4.78 is 37.8. The van der Waals surface area contributed by atoms with Crippen LogP contribution in [-0.2, 0) is 4.74 Å². The molecule has 1 N–H and O–H groups in total. The van der Waals surface area contributed by atoms with E-state index >= 15 is 8.78 Å². The number of phenolic OH excluding ortho intramolecular Hbond substituents is 1. The van der Waals surface area contributed by atoms with Crippen LogP contribution in [0.2, 0.25) is 0 Å². The zero-order chi connectivity index (χ0) is 32.2. The number of carbonyl (C=O) groups is 1. The number of aryl methyl sites for hydroxylation is 1. The highest BCUT2D eigenvalue weighted by Crippen LogP contribution is 2.37. The first-order valence-corrected chi connectivity index (χ1v) is 14.7. The molecule has 1 aliphatic rings. The number of ether oxygens (including phenoxy) is 1. The summed E-state index contributed by atoms with van der Waals surface area (Å²) in [7, 11) is 0. The largest absolute Gasteiger partial charge is 0.507 e. The second kappa shape index (κ2) is 11.1. The van der Waals surface area contributed by atoms with Crippen LogP contribution in [0.4, 0.5) is 19.4 Å². The molecule has 0 bridgehead atoms. The number of nitrogens with zero attached hydrogens (tertiary/aromatic N) is 5. The monoisotopic (exact) mass is 613 g/mol. The number of benzene rings is 3. The van der Waals surface area contributed by atoms with E-state index in [1.54, 1.807) is 25.7 Å². The number of pyridine rings is 1. The topological polar surface area (TPSA) is 101 Å². The Balaban J connectivity index is 1.58. The van der Waals surface area contributed by atoms with Gasteiger partial charge in [-0.15, -0.1) is 0 Å². The molecule has 5 aromatic rings. The van der Waals surface area contributed by atoms with Crippen LogP contribution < -0.4 is 10.6 Å². The van der Waals surface area contributed by atoms with E-state index in [0.29, 0.717) is 5.69 Å². The normalized spacial score (nSPS) is 15.6. The maximum Gasteiger partial charge on any atom is 0.410 e. The van der Waals surface area contributed by atoms with Crippen molar-refractivity contribution in [3.05, 3.63) is 88.3 Å². The molecule has 1 saturated heterocycles. The average molecular weight is 614 g/mol. The predicted molar refractivity (Wildman–Crippen MR) is 169 cm³/mol. The number of hydrogen-bond acceptors (Lipinski definition) is 7. The van der Waals surface area contributed by atoms with Gasteiger partial charge in [0.05, 0.1) is 16.6 Å². The van der Waals surface area contributed by atoms with Gasteiger partial charge in [-0.2, -0.15) is 4.98 Å². The lowest BCUT2D eigenvalue weighted by Crippen LogP contribution is -2.55. The molecular weight excluding hydrogens is 580 g/mol. The Morgan fingerprint density at radius 2 is 1.73 bits per heavy atom. The predicted octanol–water partition coefficient (Wildman–Crippen LogP) is 6.34. The Morgan fingerprint density at radius 1 is 0.978 bits per heavy atom. The van der Waals surface area contributed by atoms with Crippen LogP contribution in [-0.4, -0.2) is 61.9 Å². The Kier molecular flexibility index (Phi) is 7.42. The SMILES string of the molecule is Cc1ccc2ccccc2c1-n1c(=O)nc(N2CCN(C(=O)OC(C)(C)C)C[C@@H]2C)c2cc(F)c(-c3c(O)cccc3F)nc21. The van der Waals surface area contributed by atoms with Gasteiger partial charge in [0.2, 0.25) is 0 Å². The zero-order valence-electron chi connectivity index (χ0n) is 25.6. The average Bonchev–Trinajstić information content (AvgIpc) is 2.97. The first kappa shape index (κ1) is 30.0. The van der Waals surface area contributed by atoms with Gasteiger partial charge in [-0.25, -0.2) is 27.9 Å². The molecule has 0 unspecified atom stereocenters. The maximum absolute atomic E-state index is 16.0. The first-order valence-electron chi connectivity index (χ1n) is 14.7. The van der Waals surface area contributed by atoms with Crippen molar-refractivity contribution in [3.63, 3.8) is 0 Å². The van der Waals surface area contributed by atoms with Gasteiger partial charge in [0.15, 0.2) is 11.5 Å². The molecule has 3 aromatic carbocycles. The standard InChI is InChI=1S/C34H33F2N5O4/c1-19-13-14-21-9-6-7-10-22(21)29(19)41-31-23(17-25(36)28(37-31)27-24(35)11-8-12-26(27)42)30(38-32(41)43)40-16-15-39(18-20(40)2)33(44)45-34(3,4)5/h6-14,17,20,42H,15-16,18H2,1-5H3/t20-/m0/s1. The molecule has 1 fully saturated rings. The summed E-state index contributed by atoms with van der Waals surface area (Å²) in [6.07, 6.45) is -0.448. The van der Waals surface area contributed by atoms with E-state index < -0.39 is 46.0 Å². The van der Waals surface area contributed by atoms with Crippen molar-refractivity contribution < 1.29 is 23.4 Å². The van der Waals surface area contributed by atoms with Crippen LogP contribution in [0.3, 0.4) is 0 Å². The Morgan fingerprint density at radius 3 is 2.44 bits per heavy atom. The van der Waals surface area contributed by atoms with Crippen molar-refractivity contribution in [3.8, 4) is 22.7 Å². The van der Waals surface area contributed by atoms with Gasteiger partial charge in [0.1, 0.15) is 28.7 Å². The summed E-state index contributed by atoms with van der Waals surface area (Å²) in [6.45, 7) is 9.96. The third kappa shape index (κ3) is 5.43. The van der Waals surface area contributed by atoms with Crippen molar-refractivity contribution in [1.29, 1.82) is 0 Å². The highest BCUT2D eigenvalue weighted by atomic mass is 19.1. The first-order chi connectivity index (χ1) is 21.3. The molecule has 0 saturated carbocycles. The van der Waals surface area contributed by atoms with Gasteiger partial charge in [-0.3, -0.25) is 0 Å². The molecule has 1 aliphatic heterocycles. The molecular formula is C34H33F2N5O4. The highest BCUT2D eigenvalue weighted by molar-refractivity contribution is 5.96. The number of carbonyl (C=O) groups excluding carboxylic acids is 1. The second-order valence-corrected chi connectivity index (χ2v) is 12.3.